The van der Waals surface area contributed by atoms with Gasteiger partial charge in [-0.15, -0.1) is 4.40 Å². The second-order valence-electron chi connectivity index (χ2n) is 5.77. The molecule has 0 unspecified atom stereocenters. The Morgan fingerprint density at radius 2 is 1.81 bits per heavy atom. The van der Waals surface area contributed by atoms with Gasteiger partial charge in [-0.3, -0.25) is 9.48 Å². The first kappa shape index (κ1) is 19.4. The fourth-order valence-electron chi connectivity index (χ4n) is 2.44. The van der Waals surface area contributed by atoms with Crippen LogP contribution in [0.3, 0.4) is 0 Å². The molecule has 3 rings (SSSR count). The number of nitrogens with one attached hydrogen (secondary N) is 1. The lowest BCUT2D eigenvalue weighted by Gasteiger charge is -2.23. The van der Waals surface area contributed by atoms with Gasteiger partial charge in [0.15, 0.2) is 0 Å². The molecule has 0 spiro atoms. The van der Waals surface area contributed by atoms with Crippen molar-refractivity contribution in [2.24, 2.45) is 11.4 Å². The Morgan fingerprint density at radius 3 is 2.37 bits per heavy atom. The van der Waals surface area contributed by atoms with Crippen LogP contribution in [-0.4, -0.2) is 41.2 Å². The van der Waals surface area contributed by atoms with Gasteiger partial charge >= 0.3 is 10.2 Å². The molecule has 0 saturated heterocycles. The second kappa shape index (κ2) is 6.99. The fourth-order valence-corrected chi connectivity index (χ4v) is 3.84. The number of likely N-dealkylation sites (N-methyl/N-ethyl adjacent to an activating group) is 1. The summed E-state index contributed by atoms with van der Waals surface area (Å²) in [5.74, 6) is -0.690. The average Bonchev–Trinajstić information content (AvgIpc) is 2.92. The Bertz CT molecular complexity index is 1090. The first-order valence-electron chi connectivity index (χ1n) is 7.66. The number of nitrogens with zero attached hydrogens (tertiary/aromatic N) is 4. The van der Waals surface area contributed by atoms with E-state index in [1.165, 1.54) is 19.3 Å². The van der Waals surface area contributed by atoms with Gasteiger partial charge in [0.05, 0.1) is 27.6 Å². The molecule has 1 aliphatic rings. The number of hydrogen-bond acceptors (Lipinski definition) is 4. The van der Waals surface area contributed by atoms with E-state index in [0.717, 1.165) is 4.31 Å². The zero-order chi connectivity index (χ0) is 19.9. The molecule has 0 atom stereocenters. The molecule has 0 radical (unpaired) electrons. The van der Waals surface area contributed by atoms with Crippen molar-refractivity contribution in [2.75, 3.05) is 12.4 Å². The molecule has 11 heteroatoms. The van der Waals surface area contributed by atoms with Crippen molar-refractivity contribution < 1.29 is 13.2 Å². The van der Waals surface area contributed by atoms with Crippen molar-refractivity contribution in [2.45, 2.75) is 6.92 Å². The van der Waals surface area contributed by atoms with Crippen LogP contribution >= 0.6 is 23.2 Å². The van der Waals surface area contributed by atoms with Gasteiger partial charge in [-0.2, -0.15) is 13.5 Å². The van der Waals surface area contributed by atoms with E-state index in [2.05, 4.69) is 14.8 Å². The summed E-state index contributed by atoms with van der Waals surface area (Å²) in [5, 5.41) is 7.10. The van der Waals surface area contributed by atoms with Crippen LogP contribution in [0.5, 0.6) is 0 Å². The maximum Gasteiger partial charge on any atom is 0.345 e. The third-order valence-corrected chi connectivity index (χ3v) is 6.06. The molecule has 1 amide bonds. The summed E-state index contributed by atoms with van der Waals surface area (Å²) in [4.78, 5) is 12.8. The van der Waals surface area contributed by atoms with Crippen LogP contribution in [0.2, 0.25) is 10.0 Å². The highest BCUT2D eigenvalue weighted by molar-refractivity contribution is 7.88. The molecule has 27 heavy (non-hydrogen) atoms. The van der Waals surface area contributed by atoms with Gasteiger partial charge in [-0.1, -0.05) is 29.3 Å². The molecule has 8 nitrogen and oxygen atoms in total. The van der Waals surface area contributed by atoms with Crippen molar-refractivity contribution in [3.8, 4) is 0 Å². The summed E-state index contributed by atoms with van der Waals surface area (Å²) in [6, 6.07) is 4.75. The molecule has 1 N–H and O–H groups in total. The number of carbonyl (C=O) groups excluding carboxylic acids is 1. The Hall–Kier alpha value is -2.36. The number of aryl methyl sites for hydroxylation is 1. The lowest BCUT2D eigenvalue weighted by Crippen LogP contribution is -2.35. The number of benzene rings is 1. The van der Waals surface area contributed by atoms with E-state index in [-0.39, 0.29) is 27.1 Å². The molecule has 2 aromatic rings. The number of amides is 1. The Labute approximate surface area is 166 Å². The summed E-state index contributed by atoms with van der Waals surface area (Å²) in [6.45, 7) is 1.77. The van der Waals surface area contributed by atoms with Gasteiger partial charge in [0, 0.05) is 25.4 Å². The van der Waals surface area contributed by atoms with Gasteiger partial charge in [0.25, 0.3) is 5.91 Å². The zero-order valence-corrected chi connectivity index (χ0v) is 16.9. The molecule has 142 valence electrons. The average molecular weight is 428 g/mol. The number of aromatic nitrogens is 2. The monoisotopic (exact) mass is 427 g/mol. The van der Waals surface area contributed by atoms with E-state index in [0.29, 0.717) is 11.3 Å². The van der Waals surface area contributed by atoms with E-state index < -0.39 is 16.1 Å². The third kappa shape index (κ3) is 3.58. The van der Waals surface area contributed by atoms with E-state index in [4.69, 9.17) is 23.2 Å². The van der Waals surface area contributed by atoms with Crippen LogP contribution in [0.15, 0.2) is 40.6 Å². The number of allylic oxidation sites excluding steroid dienone is 1. The second-order valence-corrected chi connectivity index (χ2v) is 8.21. The number of halogens is 2. The van der Waals surface area contributed by atoms with Crippen LogP contribution in [0.1, 0.15) is 11.3 Å². The third-order valence-electron chi connectivity index (χ3n) is 4.12. The molecular weight excluding hydrogens is 413 g/mol. The number of rotatable bonds is 3. The quantitative estimate of drug-likeness (QED) is 0.813. The molecule has 0 saturated carbocycles. The molecule has 1 aromatic heterocycles. The number of anilines is 1. The minimum atomic E-state index is -4.08. The highest BCUT2D eigenvalue weighted by atomic mass is 35.5. The molecule has 0 bridgehead atoms. The molecule has 0 fully saturated rings. The number of carbonyl (C=O) groups is 1. The first-order chi connectivity index (χ1) is 12.6. The summed E-state index contributed by atoms with van der Waals surface area (Å²) < 4.78 is 31.0. The Balaban J connectivity index is 2.04. The van der Waals surface area contributed by atoms with Crippen molar-refractivity contribution >= 4 is 50.7 Å². The zero-order valence-electron chi connectivity index (χ0n) is 14.6. The van der Waals surface area contributed by atoms with Gasteiger partial charge in [0.1, 0.15) is 5.70 Å². The van der Waals surface area contributed by atoms with E-state index >= 15 is 0 Å². The van der Waals surface area contributed by atoms with Crippen LogP contribution in [0.4, 0.5) is 5.69 Å². The van der Waals surface area contributed by atoms with E-state index in [1.807, 2.05) is 0 Å². The molecule has 1 aliphatic heterocycles. The molecule has 1 aromatic carbocycles. The van der Waals surface area contributed by atoms with Crippen LogP contribution < -0.4 is 5.32 Å². The summed E-state index contributed by atoms with van der Waals surface area (Å²) in [6.07, 6.45) is 2.87. The highest BCUT2D eigenvalue weighted by Gasteiger charge is 2.31. The largest absolute Gasteiger partial charge is 0.345 e. The predicted octanol–water partition coefficient (Wildman–Crippen LogP) is 2.54. The summed E-state index contributed by atoms with van der Waals surface area (Å²) in [7, 11) is -1.12. The van der Waals surface area contributed by atoms with Crippen molar-refractivity contribution in [1.82, 2.24) is 14.1 Å². The van der Waals surface area contributed by atoms with E-state index in [1.54, 1.807) is 36.9 Å². The van der Waals surface area contributed by atoms with Gasteiger partial charge in [-0.05, 0) is 25.1 Å². The minimum absolute atomic E-state index is 0.120. The predicted molar refractivity (Wildman–Crippen MR) is 104 cm³/mol. The summed E-state index contributed by atoms with van der Waals surface area (Å²) in [5.41, 5.74) is 1.40. The fraction of sp³-hybridized carbons (Fsp3) is 0.188. The van der Waals surface area contributed by atoms with Crippen LogP contribution in [0.25, 0.3) is 0 Å². The van der Waals surface area contributed by atoms with Crippen molar-refractivity contribution in [1.29, 1.82) is 0 Å². The normalized spacial score (nSPS) is 16.0. The smallest absolute Gasteiger partial charge is 0.318 e. The van der Waals surface area contributed by atoms with Crippen LogP contribution in [0, 0.1) is 6.92 Å². The molecule has 2 heterocycles. The van der Waals surface area contributed by atoms with Crippen LogP contribution in [-0.2, 0) is 22.1 Å². The minimum Gasteiger partial charge on any atom is -0.318 e. The lowest BCUT2D eigenvalue weighted by atomic mass is 10.1. The maximum absolute atomic E-state index is 12.8. The topological polar surface area (TPSA) is 96.7 Å². The van der Waals surface area contributed by atoms with Crippen molar-refractivity contribution in [3.05, 3.63) is 57.5 Å². The maximum atomic E-state index is 12.8. The summed E-state index contributed by atoms with van der Waals surface area (Å²) >= 11 is 12.1. The first-order valence-corrected chi connectivity index (χ1v) is 9.82. The van der Waals surface area contributed by atoms with Gasteiger partial charge in [-0.25, -0.2) is 4.31 Å². The van der Waals surface area contributed by atoms with Crippen molar-refractivity contribution in [3.63, 3.8) is 0 Å². The van der Waals surface area contributed by atoms with Gasteiger partial charge < -0.3 is 5.32 Å². The molecular formula is C16H15Cl2N5O3S. The Kier molecular flexibility index (Phi) is 5.02. The Morgan fingerprint density at radius 1 is 1.19 bits per heavy atom. The molecule has 0 aliphatic carbocycles. The standard InChI is InChI=1S/C16H15Cl2N5O3S/c1-9-10(8-19-22(9)2)13-7-14(23(3)27(25,26)21-13)16(24)20-15-11(17)5-4-6-12(15)18/h4-8H,1-3H3,(H,20,24). The SMILES string of the molecule is Cc1c(C2=NS(=O)(=O)N(C)C(C(=O)Nc3c(Cl)cccc3Cl)=C2)cnn1C. The highest BCUT2D eigenvalue weighted by Crippen LogP contribution is 2.31. The number of para-hydroxylation sites is 1. The van der Waals surface area contributed by atoms with Gasteiger partial charge in [0.2, 0.25) is 0 Å². The number of hydrogen-bond donors (Lipinski definition) is 1. The van der Waals surface area contributed by atoms with E-state index in [9.17, 15) is 13.2 Å². The lowest BCUT2D eigenvalue weighted by molar-refractivity contribution is -0.113.